The molecule has 5 nitrogen and oxygen atoms in total. The van der Waals surface area contributed by atoms with Gasteiger partial charge < -0.3 is 9.64 Å². The van der Waals surface area contributed by atoms with E-state index < -0.39 is 17.8 Å². The summed E-state index contributed by atoms with van der Waals surface area (Å²) in [5, 5.41) is 2.88. The Balaban J connectivity index is 1.92. The van der Waals surface area contributed by atoms with Crippen molar-refractivity contribution in [3.8, 4) is 0 Å². The number of ether oxygens (including phenoxy) is 1. The van der Waals surface area contributed by atoms with Crippen LogP contribution in [0, 0.1) is 5.82 Å². The van der Waals surface area contributed by atoms with Gasteiger partial charge in [-0.25, -0.2) is 14.2 Å². The minimum absolute atomic E-state index is 0.227. The number of carbonyl (C=O) groups is 1. The fraction of sp³-hybridized carbons (Fsp3) is 0.278. The zero-order chi connectivity index (χ0) is 18.3. The molecule has 0 unspecified atom stereocenters. The molecule has 2 aliphatic heterocycles. The smallest absolute Gasteiger partial charge is 0.338 e. The molecule has 8 heteroatoms. The molecule has 2 aliphatic rings. The highest BCUT2D eigenvalue weighted by molar-refractivity contribution is 7.11. The maximum absolute atomic E-state index is 13.5. The van der Waals surface area contributed by atoms with E-state index in [1.165, 1.54) is 30.6 Å². The first-order valence-electron chi connectivity index (χ1n) is 8.11. The molecule has 0 spiro atoms. The molecule has 0 bridgehead atoms. The van der Waals surface area contributed by atoms with Crippen molar-refractivity contribution >= 4 is 34.7 Å². The molecule has 1 atom stereocenters. The lowest BCUT2D eigenvalue weighted by Gasteiger charge is -2.31. The van der Waals surface area contributed by atoms with Crippen LogP contribution in [-0.2, 0) is 9.53 Å². The van der Waals surface area contributed by atoms with Crippen LogP contribution >= 0.6 is 22.9 Å². The predicted molar refractivity (Wildman–Crippen MR) is 97.8 cm³/mol. The van der Waals surface area contributed by atoms with Gasteiger partial charge >= 0.3 is 5.97 Å². The maximum atomic E-state index is 13.5. The zero-order valence-corrected chi connectivity index (χ0v) is 15.5. The van der Waals surface area contributed by atoms with E-state index in [1.807, 2.05) is 10.3 Å². The number of aromatic nitrogens is 1. The Bertz CT molecular complexity index is 927. The summed E-state index contributed by atoms with van der Waals surface area (Å²) in [6.07, 6.45) is 3.37. The number of hydrogen-bond acceptors (Lipinski definition) is 6. The van der Waals surface area contributed by atoms with Crippen molar-refractivity contribution in [2.45, 2.75) is 18.9 Å². The van der Waals surface area contributed by atoms with Gasteiger partial charge in [-0.15, -0.1) is 11.3 Å². The fourth-order valence-electron chi connectivity index (χ4n) is 3.39. The van der Waals surface area contributed by atoms with Crippen molar-refractivity contribution in [3.05, 3.63) is 62.5 Å². The Kier molecular flexibility index (Phi) is 4.50. The van der Waals surface area contributed by atoms with Crippen molar-refractivity contribution in [2.24, 2.45) is 4.99 Å². The number of benzene rings is 1. The molecule has 26 heavy (non-hydrogen) atoms. The van der Waals surface area contributed by atoms with E-state index >= 15 is 0 Å². The summed E-state index contributed by atoms with van der Waals surface area (Å²) >= 11 is 7.76. The Morgan fingerprint density at radius 2 is 2.31 bits per heavy atom. The van der Waals surface area contributed by atoms with E-state index in [1.54, 1.807) is 12.3 Å². The van der Waals surface area contributed by atoms with Crippen LogP contribution in [0.4, 0.5) is 4.39 Å². The molecule has 3 heterocycles. The second-order valence-electron chi connectivity index (χ2n) is 5.97. The summed E-state index contributed by atoms with van der Waals surface area (Å²) in [5.74, 6) is -0.168. The van der Waals surface area contributed by atoms with Crippen LogP contribution in [-0.4, -0.2) is 35.3 Å². The minimum atomic E-state index is -0.654. The van der Waals surface area contributed by atoms with Gasteiger partial charge in [0.1, 0.15) is 11.9 Å². The predicted octanol–water partition coefficient (Wildman–Crippen LogP) is 3.96. The highest BCUT2D eigenvalue weighted by Gasteiger charge is 2.39. The Morgan fingerprint density at radius 3 is 3.00 bits per heavy atom. The number of nitrogens with zero attached hydrogens (tertiary/aromatic N) is 3. The van der Waals surface area contributed by atoms with Gasteiger partial charge in [-0.05, 0) is 25.0 Å². The van der Waals surface area contributed by atoms with Gasteiger partial charge in [-0.3, -0.25) is 4.99 Å². The molecule has 1 fully saturated rings. The third-order valence-electron chi connectivity index (χ3n) is 4.50. The lowest BCUT2D eigenvalue weighted by atomic mass is 9.94. The number of hydrogen-bond donors (Lipinski definition) is 0. The van der Waals surface area contributed by atoms with E-state index in [0.29, 0.717) is 17.0 Å². The first-order valence-corrected chi connectivity index (χ1v) is 9.37. The molecule has 1 saturated heterocycles. The number of esters is 1. The number of fused-ring (bicyclic) bond motifs is 1. The monoisotopic (exact) mass is 391 g/mol. The SMILES string of the molecule is COC(=O)C1=C2CCCN2C(c2nccs2)=N[C@@H]1c1ccc(F)cc1Cl. The molecule has 1 aromatic heterocycles. The Hall–Kier alpha value is -2.25. The summed E-state index contributed by atoms with van der Waals surface area (Å²) in [6.45, 7) is 0.762. The van der Waals surface area contributed by atoms with Gasteiger partial charge in [-0.1, -0.05) is 17.7 Å². The summed E-state index contributed by atoms with van der Waals surface area (Å²) in [6, 6.07) is 3.47. The van der Waals surface area contributed by atoms with Crippen LogP contribution in [0.2, 0.25) is 5.02 Å². The third-order valence-corrected chi connectivity index (χ3v) is 5.59. The molecule has 0 N–H and O–H groups in total. The Labute approximate surface area is 158 Å². The third kappa shape index (κ3) is 2.81. The first kappa shape index (κ1) is 17.2. The van der Waals surface area contributed by atoms with Crippen LogP contribution in [0.3, 0.4) is 0 Å². The average Bonchev–Trinajstić information content (AvgIpc) is 3.31. The maximum Gasteiger partial charge on any atom is 0.338 e. The van der Waals surface area contributed by atoms with E-state index in [9.17, 15) is 9.18 Å². The van der Waals surface area contributed by atoms with Gasteiger partial charge in [0.15, 0.2) is 10.8 Å². The molecule has 134 valence electrons. The lowest BCUT2D eigenvalue weighted by Crippen LogP contribution is -2.35. The van der Waals surface area contributed by atoms with Crippen molar-refractivity contribution in [2.75, 3.05) is 13.7 Å². The normalized spacial score (nSPS) is 19.4. The number of thiazole rings is 1. The second-order valence-corrected chi connectivity index (χ2v) is 7.27. The first-order chi connectivity index (χ1) is 12.6. The average molecular weight is 392 g/mol. The number of aliphatic imine (C=N–C) groups is 1. The fourth-order valence-corrected chi connectivity index (χ4v) is 4.31. The van der Waals surface area contributed by atoms with Crippen LogP contribution < -0.4 is 0 Å². The molecule has 0 amide bonds. The van der Waals surface area contributed by atoms with E-state index in [0.717, 1.165) is 30.1 Å². The topological polar surface area (TPSA) is 54.8 Å². The molecule has 0 aliphatic carbocycles. The van der Waals surface area contributed by atoms with E-state index in [2.05, 4.69) is 4.98 Å². The van der Waals surface area contributed by atoms with Crippen molar-refractivity contribution in [3.63, 3.8) is 0 Å². The second kappa shape index (κ2) is 6.81. The highest BCUT2D eigenvalue weighted by atomic mass is 35.5. The largest absolute Gasteiger partial charge is 0.466 e. The van der Waals surface area contributed by atoms with Crippen LogP contribution in [0.5, 0.6) is 0 Å². The molecule has 0 radical (unpaired) electrons. The summed E-state index contributed by atoms with van der Waals surface area (Å²) in [5.41, 5.74) is 1.91. The molecule has 2 aromatic rings. The van der Waals surface area contributed by atoms with Gasteiger partial charge in [0.2, 0.25) is 0 Å². The zero-order valence-electron chi connectivity index (χ0n) is 13.9. The molecule has 1 aromatic carbocycles. The number of halogens is 2. The summed E-state index contributed by atoms with van der Waals surface area (Å²) in [7, 11) is 1.35. The number of carbonyl (C=O) groups excluding carboxylic acids is 1. The van der Waals surface area contributed by atoms with Gasteiger partial charge in [0, 0.05) is 34.4 Å². The lowest BCUT2D eigenvalue weighted by molar-refractivity contribution is -0.136. The quantitative estimate of drug-likeness (QED) is 0.743. The van der Waals surface area contributed by atoms with Crippen LogP contribution in [0.1, 0.15) is 29.5 Å². The van der Waals surface area contributed by atoms with Crippen molar-refractivity contribution in [1.82, 2.24) is 9.88 Å². The van der Waals surface area contributed by atoms with Crippen LogP contribution in [0.25, 0.3) is 0 Å². The number of methoxy groups -OCH3 is 1. The van der Waals surface area contributed by atoms with Gasteiger partial charge in [0.05, 0.1) is 12.7 Å². The number of amidine groups is 1. The summed E-state index contributed by atoms with van der Waals surface area (Å²) in [4.78, 5) is 23.8. The summed E-state index contributed by atoms with van der Waals surface area (Å²) < 4.78 is 18.5. The van der Waals surface area contributed by atoms with Crippen LogP contribution in [0.15, 0.2) is 46.0 Å². The van der Waals surface area contributed by atoms with E-state index in [4.69, 9.17) is 21.3 Å². The highest BCUT2D eigenvalue weighted by Crippen LogP contribution is 2.42. The Morgan fingerprint density at radius 1 is 1.46 bits per heavy atom. The number of rotatable bonds is 3. The standard InChI is InChI=1S/C18H15ClFN3O2S/c1-25-18(24)14-13-3-2-7-23(13)16(17-21-6-8-26-17)22-15(14)11-5-4-10(20)9-12(11)19/h4-6,8-9,15H,2-3,7H2,1H3/t15-/m1/s1. The van der Waals surface area contributed by atoms with Crippen molar-refractivity contribution in [1.29, 1.82) is 0 Å². The molecule has 0 saturated carbocycles. The van der Waals surface area contributed by atoms with E-state index in [-0.39, 0.29) is 5.02 Å². The number of allylic oxidation sites excluding steroid dienone is 1. The molecule has 4 rings (SSSR count). The molecular weight excluding hydrogens is 377 g/mol. The minimum Gasteiger partial charge on any atom is -0.466 e. The van der Waals surface area contributed by atoms with Gasteiger partial charge in [0.25, 0.3) is 0 Å². The molecular formula is C18H15ClFN3O2S. The van der Waals surface area contributed by atoms with Gasteiger partial charge in [-0.2, -0.15) is 0 Å². The van der Waals surface area contributed by atoms with Crippen molar-refractivity contribution < 1.29 is 13.9 Å².